The summed E-state index contributed by atoms with van der Waals surface area (Å²) in [5.41, 5.74) is 0.631. The lowest BCUT2D eigenvalue weighted by Crippen LogP contribution is -2.49. The van der Waals surface area contributed by atoms with Gasteiger partial charge in [-0.05, 0) is 36.8 Å². The van der Waals surface area contributed by atoms with Crippen molar-refractivity contribution in [2.75, 3.05) is 44.8 Å². The molecular formula is C23H31N3O3. The van der Waals surface area contributed by atoms with Crippen molar-refractivity contribution in [2.24, 2.45) is 0 Å². The van der Waals surface area contributed by atoms with Gasteiger partial charge in [0, 0.05) is 37.9 Å². The second-order valence-corrected chi connectivity index (χ2v) is 7.24. The summed E-state index contributed by atoms with van der Waals surface area (Å²) in [6.07, 6.45) is 6.42. The maximum absolute atomic E-state index is 13.0. The Morgan fingerprint density at radius 2 is 1.86 bits per heavy atom. The quantitative estimate of drug-likeness (QED) is 0.599. The van der Waals surface area contributed by atoms with Crippen LogP contribution in [0.15, 0.2) is 42.6 Å². The van der Waals surface area contributed by atoms with E-state index >= 15 is 0 Å². The van der Waals surface area contributed by atoms with Gasteiger partial charge in [0.15, 0.2) is 11.5 Å². The number of rotatable bonds is 9. The monoisotopic (exact) mass is 397 g/mol. The molecule has 0 bridgehead atoms. The molecule has 0 radical (unpaired) electrons. The molecule has 1 aromatic heterocycles. The van der Waals surface area contributed by atoms with Gasteiger partial charge >= 0.3 is 0 Å². The van der Waals surface area contributed by atoms with Crippen LogP contribution in [-0.2, 0) is 0 Å². The van der Waals surface area contributed by atoms with Crippen molar-refractivity contribution in [3.63, 3.8) is 0 Å². The zero-order valence-corrected chi connectivity index (χ0v) is 17.5. The molecule has 6 nitrogen and oxygen atoms in total. The van der Waals surface area contributed by atoms with Crippen LogP contribution < -0.4 is 14.4 Å². The van der Waals surface area contributed by atoms with Gasteiger partial charge in [-0.3, -0.25) is 4.79 Å². The van der Waals surface area contributed by atoms with Crippen LogP contribution in [0.3, 0.4) is 0 Å². The number of pyridine rings is 1. The molecule has 1 aromatic carbocycles. The molecule has 0 aliphatic carbocycles. The van der Waals surface area contributed by atoms with E-state index in [9.17, 15) is 4.79 Å². The number of carbonyl (C=O) groups excluding carboxylic acids is 1. The number of methoxy groups -OCH3 is 1. The van der Waals surface area contributed by atoms with Gasteiger partial charge in [-0.1, -0.05) is 32.3 Å². The van der Waals surface area contributed by atoms with E-state index in [0.29, 0.717) is 36.8 Å². The minimum absolute atomic E-state index is 0.0264. The zero-order chi connectivity index (χ0) is 20.5. The molecule has 1 aliphatic rings. The normalized spacial score (nSPS) is 14.0. The largest absolute Gasteiger partial charge is 0.493 e. The van der Waals surface area contributed by atoms with Crippen LogP contribution in [0.1, 0.15) is 43.0 Å². The molecule has 1 saturated heterocycles. The van der Waals surface area contributed by atoms with E-state index in [1.165, 1.54) is 19.3 Å². The third-order valence-electron chi connectivity index (χ3n) is 5.21. The number of unbranched alkanes of at least 4 members (excludes halogenated alkanes) is 3. The summed E-state index contributed by atoms with van der Waals surface area (Å²) in [6.45, 7) is 5.76. The molecule has 1 aliphatic heterocycles. The summed E-state index contributed by atoms with van der Waals surface area (Å²) in [7, 11) is 1.61. The van der Waals surface area contributed by atoms with Crippen molar-refractivity contribution in [1.82, 2.24) is 9.88 Å². The first-order chi connectivity index (χ1) is 14.2. The van der Waals surface area contributed by atoms with Crippen molar-refractivity contribution in [1.29, 1.82) is 0 Å². The summed E-state index contributed by atoms with van der Waals surface area (Å²) in [4.78, 5) is 21.4. The number of aromatic nitrogens is 1. The third-order valence-corrected chi connectivity index (χ3v) is 5.21. The molecule has 1 amide bonds. The molecule has 0 N–H and O–H groups in total. The molecule has 0 saturated carbocycles. The van der Waals surface area contributed by atoms with E-state index in [1.54, 1.807) is 19.4 Å². The standard InChI is InChI=1S/C23H31N3O3/c1-3-4-5-8-17-29-20-11-10-19(18-21(20)28-2)23(27)26-15-13-25(14-16-26)22-9-6-7-12-24-22/h6-7,9-12,18H,3-5,8,13-17H2,1-2H3. The lowest BCUT2D eigenvalue weighted by molar-refractivity contribution is 0.0746. The summed E-state index contributed by atoms with van der Waals surface area (Å²) in [5.74, 6) is 2.29. The Balaban J connectivity index is 1.56. The first-order valence-electron chi connectivity index (χ1n) is 10.5. The minimum atomic E-state index is 0.0264. The predicted octanol–water partition coefficient (Wildman–Crippen LogP) is 4.01. The van der Waals surface area contributed by atoms with Crippen LogP contribution in [-0.4, -0.2) is 55.7 Å². The lowest BCUT2D eigenvalue weighted by Gasteiger charge is -2.35. The van der Waals surface area contributed by atoms with Crippen molar-refractivity contribution in [3.05, 3.63) is 48.2 Å². The fourth-order valence-electron chi connectivity index (χ4n) is 3.49. The number of anilines is 1. The van der Waals surface area contributed by atoms with Crippen molar-refractivity contribution >= 4 is 11.7 Å². The number of benzene rings is 1. The number of hydrogen-bond donors (Lipinski definition) is 0. The van der Waals surface area contributed by atoms with E-state index < -0.39 is 0 Å². The van der Waals surface area contributed by atoms with Crippen LogP contribution in [0.2, 0.25) is 0 Å². The molecule has 0 spiro atoms. The van der Waals surface area contributed by atoms with Gasteiger partial charge < -0.3 is 19.3 Å². The number of amides is 1. The minimum Gasteiger partial charge on any atom is -0.493 e. The van der Waals surface area contributed by atoms with Gasteiger partial charge in [0.1, 0.15) is 5.82 Å². The molecular weight excluding hydrogens is 366 g/mol. The molecule has 156 valence electrons. The maximum atomic E-state index is 13.0. The van der Waals surface area contributed by atoms with Crippen LogP contribution in [0, 0.1) is 0 Å². The van der Waals surface area contributed by atoms with Gasteiger partial charge in [-0.15, -0.1) is 0 Å². The zero-order valence-electron chi connectivity index (χ0n) is 17.5. The Bertz CT molecular complexity index is 774. The van der Waals surface area contributed by atoms with Gasteiger partial charge in [-0.2, -0.15) is 0 Å². The molecule has 0 atom stereocenters. The van der Waals surface area contributed by atoms with E-state index in [4.69, 9.17) is 9.47 Å². The highest BCUT2D eigenvalue weighted by Gasteiger charge is 2.23. The SMILES string of the molecule is CCCCCCOc1ccc(C(=O)N2CCN(c3ccccn3)CC2)cc1OC. The van der Waals surface area contributed by atoms with Crippen molar-refractivity contribution in [2.45, 2.75) is 32.6 Å². The predicted molar refractivity (Wildman–Crippen MR) is 115 cm³/mol. The number of piperazine rings is 1. The van der Waals surface area contributed by atoms with Gasteiger partial charge in [-0.25, -0.2) is 4.98 Å². The highest BCUT2D eigenvalue weighted by Crippen LogP contribution is 2.29. The lowest BCUT2D eigenvalue weighted by atomic mass is 10.1. The van der Waals surface area contributed by atoms with Crippen LogP contribution in [0.5, 0.6) is 11.5 Å². The number of hydrogen-bond acceptors (Lipinski definition) is 5. The summed E-state index contributed by atoms with van der Waals surface area (Å²) in [6, 6.07) is 11.4. The fourth-order valence-corrected chi connectivity index (χ4v) is 3.49. The topological polar surface area (TPSA) is 54.9 Å². The first kappa shape index (κ1) is 21.0. The van der Waals surface area contributed by atoms with Crippen LogP contribution in [0.4, 0.5) is 5.82 Å². The average Bonchev–Trinajstić information content (AvgIpc) is 2.79. The second-order valence-electron chi connectivity index (χ2n) is 7.24. The number of carbonyl (C=O) groups is 1. The van der Waals surface area contributed by atoms with E-state index in [-0.39, 0.29) is 5.91 Å². The highest BCUT2D eigenvalue weighted by molar-refractivity contribution is 5.95. The molecule has 1 fully saturated rings. The van der Waals surface area contributed by atoms with Crippen molar-refractivity contribution in [3.8, 4) is 11.5 Å². The van der Waals surface area contributed by atoms with Gasteiger partial charge in [0.25, 0.3) is 5.91 Å². The van der Waals surface area contributed by atoms with Gasteiger partial charge in [0.05, 0.1) is 13.7 Å². The van der Waals surface area contributed by atoms with Gasteiger partial charge in [0.2, 0.25) is 0 Å². The molecule has 0 unspecified atom stereocenters. The summed E-state index contributed by atoms with van der Waals surface area (Å²) >= 11 is 0. The Labute approximate surface area is 173 Å². The Hall–Kier alpha value is -2.76. The highest BCUT2D eigenvalue weighted by atomic mass is 16.5. The number of nitrogens with zero attached hydrogens (tertiary/aromatic N) is 3. The van der Waals surface area contributed by atoms with Crippen molar-refractivity contribution < 1.29 is 14.3 Å². The van der Waals surface area contributed by atoms with Crippen LogP contribution >= 0.6 is 0 Å². The molecule has 3 rings (SSSR count). The third kappa shape index (κ3) is 5.62. The smallest absolute Gasteiger partial charge is 0.254 e. The second kappa shape index (κ2) is 10.7. The summed E-state index contributed by atoms with van der Waals surface area (Å²) < 4.78 is 11.3. The average molecular weight is 398 g/mol. The Morgan fingerprint density at radius 3 is 2.55 bits per heavy atom. The van der Waals surface area contributed by atoms with E-state index in [0.717, 1.165) is 25.3 Å². The Morgan fingerprint density at radius 1 is 1.03 bits per heavy atom. The van der Waals surface area contributed by atoms with Crippen LogP contribution in [0.25, 0.3) is 0 Å². The Kier molecular flexibility index (Phi) is 7.73. The molecule has 29 heavy (non-hydrogen) atoms. The molecule has 6 heteroatoms. The first-order valence-corrected chi connectivity index (χ1v) is 10.5. The maximum Gasteiger partial charge on any atom is 0.254 e. The van der Waals surface area contributed by atoms with E-state index in [2.05, 4.69) is 16.8 Å². The summed E-state index contributed by atoms with van der Waals surface area (Å²) in [5, 5.41) is 0. The molecule has 2 aromatic rings. The van der Waals surface area contributed by atoms with E-state index in [1.807, 2.05) is 35.2 Å². The number of ether oxygens (including phenoxy) is 2. The fraction of sp³-hybridized carbons (Fsp3) is 0.478. The molecule has 2 heterocycles.